The number of hydrogen-bond acceptors (Lipinski definition) is 2. The zero-order chi connectivity index (χ0) is 16.1. The van der Waals surface area contributed by atoms with Crippen molar-refractivity contribution >= 4 is 17.1 Å². The van der Waals surface area contributed by atoms with Gasteiger partial charge in [0.25, 0.3) is 0 Å². The molecule has 0 saturated heterocycles. The third kappa shape index (κ3) is 6.66. The Hall–Kier alpha value is -2.22. The van der Waals surface area contributed by atoms with Gasteiger partial charge in [-0.15, -0.1) is 0 Å². The van der Waals surface area contributed by atoms with Gasteiger partial charge in [-0.2, -0.15) is 0 Å². The first kappa shape index (κ1) is 18.8. The minimum atomic E-state index is 0.927. The first-order chi connectivity index (χ1) is 10.3. The SMILES string of the molecule is C=C(NC)c1ccc(Nc2ccccc2)cc1.CC.CC. The quantitative estimate of drug-likeness (QED) is 0.755. The molecule has 0 amide bonds. The maximum atomic E-state index is 3.93. The smallest absolute Gasteiger partial charge is 0.0384 e. The molecule has 0 fully saturated rings. The Bertz CT molecular complexity index is 487. The van der Waals surface area contributed by atoms with Gasteiger partial charge in [0.15, 0.2) is 0 Å². The maximum Gasteiger partial charge on any atom is 0.0384 e. The molecular weight excluding hydrogens is 256 g/mol. The van der Waals surface area contributed by atoms with Crippen LogP contribution in [0.15, 0.2) is 61.2 Å². The van der Waals surface area contributed by atoms with E-state index < -0.39 is 0 Å². The lowest BCUT2D eigenvalue weighted by Crippen LogP contribution is -2.02. The molecule has 21 heavy (non-hydrogen) atoms. The van der Waals surface area contributed by atoms with E-state index in [0.717, 1.165) is 22.6 Å². The van der Waals surface area contributed by atoms with Crippen molar-refractivity contribution < 1.29 is 0 Å². The standard InChI is InChI=1S/C15H16N2.2C2H6/c1-12(16-2)13-8-10-15(11-9-13)17-14-6-4-3-5-7-14;2*1-2/h3-11,16-17H,1H2,2H3;2*1-2H3. The Morgan fingerprint density at radius 1 is 0.762 bits per heavy atom. The first-order valence-corrected chi connectivity index (χ1v) is 7.59. The Kier molecular flexibility index (Phi) is 10.4. The van der Waals surface area contributed by atoms with Crippen LogP contribution in [0.3, 0.4) is 0 Å². The Morgan fingerprint density at radius 3 is 1.71 bits per heavy atom. The summed E-state index contributed by atoms with van der Waals surface area (Å²) < 4.78 is 0. The van der Waals surface area contributed by atoms with Gasteiger partial charge in [0.05, 0.1) is 0 Å². The molecular formula is C19H28N2. The summed E-state index contributed by atoms with van der Waals surface area (Å²) in [6.07, 6.45) is 0. The minimum absolute atomic E-state index is 0.927. The van der Waals surface area contributed by atoms with Crippen LogP contribution in [-0.4, -0.2) is 7.05 Å². The highest BCUT2D eigenvalue weighted by atomic mass is 14.9. The van der Waals surface area contributed by atoms with Crippen LogP contribution in [0.1, 0.15) is 33.3 Å². The summed E-state index contributed by atoms with van der Waals surface area (Å²) in [4.78, 5) is 0. The zero-order valence-corrected chi connectivity index (χ0v) is 13.9. The third-order valence-electron chi connectivity index (χ3n) is 2.60. The van der Waals surface area contributed by atoms with Gasteiger partial charge in [0.1, 0.15) is 0 Å². The summed E-state index contributed by atoms with van der Waals surface area (Å²) in [6, 6.07) is 18.3. The molecule has 2 nitrogen and oxygen atoms in total. The van der Waals surface area contributed by atoms with Gasteiger partial charge in [0, 0.05) is 24.1 Å². The summed E-state index contributed by atoms with van der Waals surface area (Å²) in [5.74, 6) is 0. The van der Waals surface area contributed by atoms with Gasteiger partial charge < -0.3 is 10.6 Å². The van der Waals surface area contributed by atoms with Gasteiger partial charge in [-0.3, -0.25) is 0 Å². The van der Waals surface area contributed by atoms with E-state index in [0.29, 0.717) is 0 Å². The summed E-state index contributed by atoms with van der Waals surface area (Å²) in [7, 11) is 1.87. The number of anilines is 2. The number of nitrogens with one attached hydrogen (secondary N) is 2. The summed E-state index contributed by atoms with van der Waals surface area (Å²) in [5, 5.41) is 6.37. The van der Waals surface area contributed by atoms with Crippen LogP contribution in [0.2, 0.25) is 0 Å². The van der Waals surface area contributed by atoms with E-state index in [1.165, 1.54) is 0 Å². The molecule has 2 rings (SSSR count). The molecule has 0 radical (unpaired) electrons. The van der Waals surface area contributed by atoms with Crippen LogP contribution < -0.4 is 10.6 Å². The molecule has 0 spiro atoms. The minimum Gasteiger partial charge on any atom is -0.388 e. The van der Waals surface area contributed by atoms with Crippen LogP contribution in [0.4, 0.5) is 11.4 Å². The molecule has 2 aromatic rings. The van der Waals surface area contributed by atoms with E-state index in [1.54, 1.807) is 0 Å². The lowest BCUT2D eigenvalue weighted by Gasteiger charge is -2.08. The van der Waals surface area contributed by atoms with Crippen molar-refractivity contribution in [2.45, 2.75) is 27.7 Å². The Labute approximate surface area is 129 Å². The zero-order valence-electron chi connectivity index (χ0n) is 13.9. The van der Waals surface area contributed by atoms with Crippen molar-refractivity contribution in [3.63, 3.8) is 0 Å². The van der Waals surface area contributed by atoms with E-state index in [1.807, 2.05) is 89.3 Å². The molecule has 0 saturated carbocycles. The maximum absolute atomic E-state index is 3.93. The predicted octanol–water partition coefficient (Wildman–Crippen LogP) is 5.67. The molecule has 0 heterocycles. The molecule has 0 aliphatic heterocycles. The van der Waals surface area contributed by atoms with Crippen LogP contribution >= 0.6 is 0 Å². The van der Waals surface area contributed by atoms with Crippen molar-refractivity contribution in [3.05, 3.63) is 66.7 Å². The van der Waals surface area contributed by atoms with Gasteiger partial charge in [0.2, 0.25) is 0 Å². The fraction of sp³-hybridized carbons (Fsp3) is 0.263. The van der Waals surface area contributed by atoms with Crippen molar-refractivity contribution in [3.8, 4) is 0 Å². The molecule has 114 valence electrons. The molecule has 2 N–H and O–H groups in total. The fourth-order valence-electron chi connectivity index (χ4n) is 1.59. The van der Waals surface area contributed by atoms with Crippen LogP contribution in [0.25, 0.3) is 5.70 Å². The van der Waals surface area contributed by atoms with Crippen molar-refractivity contribution in [2.24, 2.45) is 0 Å². The van der Waals surface area contributed by atoms with Crippen LogP contribution in [0, 0.1) is 0 Å². The largest absolute Gasteiger partial charge is 0.388 e. The summed E-state index contributed by atoms with van der Waals surface area (Å²) >= 11 is 0. The first-order valence-electron chi connectivity index (χ1n) is 7.59. The van der Waals surface area contributed by atoms with E-state index >= 15 is 0 Å². The van der Waals surface area contributed by atoms with Gasteiger partial charge in [-0.05, 0) is 29.8 Å². The molecule has 2 aromatic carbocycles. The van der Waals surface area contributed by atoms with Gasteiger partial charge in [-0.1, -0.05) is 64.6 Å². The number of rotatable bonds is 4. The second-order valence-corrected chi connectivity index (χ2v) is 3.80. The van der Waals surface area contributed by atoms with E-state index in [9.17, 15) is 0 Å². The van der Waals surface area contributed by atoms with Crippen LogP contribution in [0.5, 0.6) is 0 Å². The summed E-state index contributed by atoms with van der Waals surface area (Å²) in [5.41, 5.74) is 4.19. The van der Waals surface area contributed by atoms with Crippen LogP contribution in [-0.2, 0) is 0 Å². The molecule has 0 aliphatic rings. The fourth-order valence-corrected chi connectivity index (χ4v) is 1.59. The highest BCUT2D eigenvalue weighted by Gasteiger charge is 1.97. The third-order valence-corrected chi connectivity index (χ3v) is 2.60. The number of hydrogen-bond donors (Lipinski definition) is 2. The number of para-hydroxylation sites is 1. The van der Waals surface area contributed by atoms with Gasteiger partial charge in [-0.25, -0.2) is 0 Å². The molecule has 0 bridgehead atoms. The average molecular weight is 284 g/mol. The average Bonchev–Trinajstić information content (AvgIpc) is 2.59. The van der Waals surface area contributed by atoms with Crippen molar-refractivity contribution in [1.29, 1.82) is 0 Å². The second-order valence-electron chi connectivity index (χ2n) is 3.80. The van der Waals surface area contributed by atoms with Crippen molar-refractivity contribution in [2.75, 3.05) is 12.4 Å². The van der Waals surface area contributed by atoms with E-state index in [2.05, 4.69) is 17.2 Å². The Balaban J connectivity index is 0.000000921. The van der Waals surface area contributed by atoms with E-state index in [4.69, 9.17) is 0 Å². The predicted molar refractivity (Wildman–Crippen MR) is 97.0 cm³/mol. The molecule has 0 aliphatic carbocycles. The molecule has 0 atom stereocenters. The summed E-state index contributed by atoms with van der Waals surface area (Å²) in [6.45, 7) is 11.9. The number of benzene rings is 2. The second kappa shape index (κ2) is 11.6. The molecule has 0 unspecified atom stereocenters. The highest BCUT2D eigenvalue weighted by Crippen LogP contribution is 2.18. The lowest BCUT2D eigenvalue weighted by atomic mass is 10.1. The Morgan fingerprint density at radius 2 is 1.24 bits per heavy atom. The normalized spacial score (nSPS) is 8.43. The topological polar surface area (TPSA) is 24.1 Å². The molecule has 0 aromatic heterocycles. The van der Waals surface area contributed by atoms with E-state index in [-0.39, 0.29) is 0 Å². The lowest BCUT2D eigenvalue weighted by molar-refractivity contribution is 1.13. The highest BCUT2D eigenvalue weighted by molar-refractivity contribution is 5.66. The van der Waals surface area contributed by atoms with Gasteiger partial charge >= 0.3 is 0 Å². The van der Waals surface area contributed by atoms with Crippen molar-refractivity contribution in [1.82, 2.24) is 5.32 Å². The molecule has 2 heteroatoms. The monoisotopic (exact) mass is 284 g/mol.